The second kappa shape index (κ2) is 9.82. The maximum Gasteiger partial charge on any atom is 0.342 e. The number of amides is 1. The highest BCUT2D eigenvalue weighted by Crippen LogP contribution is 2.22. The lowest BCUT2D eigenvalue weighted by Gasteiger charge is -2.19. The van der Waals surface area contributed by atoms with Crippen molar-refractivity contribution in [2.75, 3.05) is 24.6 Å². The van der Waals surface area contributed by atoms with Gasteiger partial charge in [0.25, 0.3) is 5.91 Å². The van der Waals surface area contributed by atoms with Crippen molar-refractivity contribution in [2.24, 2.45) is 0 Å². The molecule has 29 heavy (non-hydrogen) atoms. The third kappa shape index (κ3) is 5.63. The van der Waals surface area contributed by atoms with E-state index in [0.717, 1.165) is 31.5 Å². The summed E-state index contributed by atoms with van der Waals surface area (Å²) in [6.45, 7) is 2.67. The van der Waals surface area contributed by atoms with Crippen LogP contribution < -0.4 is 10.2 Å². The molecule has 1 saturated heterocycles. The molecular formula is C22H25N3O4. The Morgan fingerprint density at radius 1 is 1.10 bits per heavy atom. The van der Waals surface area contributed by atoms with Crippen molar-refractivity contribution in [3.63, 3.8) is 0 Å². The van der Waals surface area contributed by atoms with E-state index in [9.17, 15) is 14.4 Å². The van der Waals surface area contributed by atoms with Crippen LogP contribution in [0.1, 0.15) is 35.7 Å². The molecule has 0 unspecified atom stereocenters. The van der Waals surface area contributed by atoms with Crippen LogP contribution in [0.3, 0.4) is 0 Å². The number of carbonyl (C=O) groups is 3. The van der Waals surface area contributed by atoms with Gasteiger partial charge in [-0.2, -0.15) is 0 Å². The number of esters is 1. The van der Waals surface area contributed by atoms with Crippen LogP contribution in [0.25, 0.3) is 0 Å². The molecule has 7 nitrogen and oxygen atoms in total. The number of benzene rings is 1. The Labute approximate surface area is 170 Å². The number of Topliss-reactive ketones (excluding diaryl/α,β-unsaturated/α-hetero) is 1. The molecular weight excluding hydrogens is 370 g/mol. The van der Waals surface area contributed by atoms with Gasteiger partial charge in [-0.15, -0.1) is 0 Å². The molecule has 152 valence electrons. The van der Waals surface area contributed by atoms with E-state index in [1.165, 1.54) is 6.92 Å². The smallest absolute Gasteiger partial charge is 0.342 e. The predicted octanol–water partition coefficient (Wildman–Crippen LogP) is 2.16. The zero-order valence-electron chi connectivity index (χ0n) is 16.5. The molecule has 0 saturated carbocycles. The van der Waals surface area contributed by atoms with E-state index in [1.54, 1.807) is 18.3 Å². The van der Waals surface area contributed by atoms with Crippen LogP contribution >= 0.6 is 0 Å². The summed E-state index contributed by atoms with van der Waals surface area (Å²) in [5, 5.41) is 2.65. The molecule has 1 amide bonds. The second-order valence-electron chi connectivity index (χ2n) is 7.07. The maximum atomic E-state index is 12.5. The van der Waals surface area contributed by atoms with Crippen LogP contribution in [-0.2, 0) is 20.7 Å². The number of nitrogens with zero attached hydrogens (tertiary/aromatic N) is 2. The zero-order chi connectivity index (χ0) is 20.6. The number of aromatic nitrogens is 1. The fourth-order valence-corrected chi connectivity index (χ4v) is 3.33. The molecule has 1 fully saturated rings. The maximum absolute atomic E-state index is 12.5. The first kappa shape index (κ1) is 20.5. The number of rotatable bonds is 8. The summed E-state index contributed by atoms with van der Waals surface area (Å²) in [6.07, 6.45) is 4.14. The van der Waals surface area contributed by atoms with Crippen molar-refractivity contribution >= 4 is 23.5 Å². The molecule has 1 aliphatic rings. The molecule has 0 aliphatic carbocycles. The number of anilines is 1. The fourth-order valence-electron chi connectivity index (χ4n) is 3.33. The Morgan fingerprint density at radius 2 is 1.83 bits per heavy atom. The first-order valence-electron chi connectivity index (χ1n) is 9.75. The molecule has 2 aromatic rings. The molecule has 7 heteroatoms. The lowest BCUT2D eigenvalue weighted by molar-refractivity contribution is -0.128. The van der Waals surface area contributed by atoms with Gasteiger partial charge in [-0.05, 0) is 43.9 Å². The van der Waals surface area contributed by atoms with Crippen LogP contribution in [0.15, 0.2) is 48.7 Å². The van der Waals surface area contributed by atoms with E-state index in [-0.39, 0.29) is 5.78 Å². The second-order valence-corrected chi connectivity index (χ2v) is 7.07. The monoisotopic (exact) mass is 395 g/mol. The minimum atomic E-state index is -0.665. The fraction of sp³-hybridized carbons (Fsp3) is 0.364. The largest absolute Gasteiger partial charge is 0.452 e. The minimum Gasteiger partial charge on any atom is -0.452 e. The van der Waals surface area contributed by atoms with Gasteiger partial charge in [-0.1, -0.05) is 30.3 Å². The lowest BCUT2D eigenvalue weighted by atomic mass is 10.0. The SMILES string of the molecule is CC(=O)[C@H](Cc1ccccc1)NC(=O)COC(=O)c1cccnc1N1CCCC1. The molecule has 0 spiro atoms. The van der Waals surface area contributed by atoms with Crippen LogP contribution in [-0.4, -0.2) is 48.4 Å². The van der Waals surface area contributed by atoms with Gasteiger partial charge in [0.05, 0.1) is 6.04 Å². The van der Waals surface area contributed by atoms with Gasteiger partial charge in [0, 0.05) is 19.3 Å². The van der Waals surface area contributed by atoms with E-state index < -0.39 is 24.5 Å². The summed E-state index contributed by atoms with van der Waals surface area (Å²) < 4.78 is 5.19. The van der Waals surface area contributed by atoms with Crippen molar-refractivity contribution < 1.29 is 19.1 Å². The average Bonchev–Trinajstić information content (AvgIpc) is 3.27. The number of carbonyl (C=O) groups excluding carboxylic acids is 3. The van der Waals surface area contributed by atoms with Crippen LogP contribution in [0, 0.1) is 0 Å². The van der Waals surface area contributed by atoms with Crippen LogP contribution in [0.2, 0.25) is 0 Å². The topological polar surface area (TPSA) is 88.6 Å². The third-order valence-corrected chi connectivity index (χ3v) is 4.86. The number of hydrogen-bond acceptors (Lipinski definition) is 6. The standard InChI is InChI=1S/C22H25N3O4/c1-16(26)19(14-17-8-3-2-4-9-17)24-20(27)15-29-22(28)18-10-7-11-23-21(18)25-12-5-6-13-25/h2-4,7-11,19H,5-6,12-15H2,1H3,(H,24,27)/t19-/m0/s1. The van der Waals surface area contributed by atoms with Crippen molar-refractivity contribution in [1.82, 2.24) is 10.3 Å². The summed E-state index contributed by atoms with van der Waals surface area (Å²) in [5.74, 6) is -0.683. The Hall–Kier alpha value is -3.22. The number of ketones is 1. The summed E-state index contributed by atoms with van der Waals surface area (Å²) >= 11 is 0. The van der Waals surface area contributed by atoms with Gasteiger partial charge in [0.2, 0.25) is 0 Å². The number of ether oxygens (including phenoxy) is 1. The van der Waals surface area contributed by atoms with Gasteiger partial charge >= 0.3 is 5.97 Å². The zero-order valence-corrected chi connectivity index (χ0v) is 16.5. The van der Waals surface area contributed by atoms with Crippen LogP contribution in [0.5, 0.6) is 0 Å². The Kier molecular flexibility index (Phi) is 6.94. The van der Waals surface area contributed by atoms with Crippen molar-refractivity contribution in [3.05, 3.63) is 59.8 Å². The molecule has 1 N–H and O–H groups in total. The molecule has 1 aromatic heterocycles. The normalized spacial score (nSPS) is 14.3. The van der Waals surface area contributed by atoms with E-state index >= 15 is 0 Å². The van der Waals surface area contributed by atoms with Gasteiger partial charge in [-0.25, -0.2) is 9.78 Å². The van der Waals surface area contributed by atoms with Crippen molar-refractivity contribution in [1.29, 1.82) is 0 Å². The quantitative estimate of drug-likeness (QED) is 0.689. The highest BCUT2D eigenvalue weighted by molar-refractivity contribution is 5.96. The Balaban J connectivity index is 1.57. The molecule has 1 aromatic carbocycles. The molecule has 0 bridgehead atoms. The molecule has 2 heterocycles. The Bertz CT molecular complexity index is 863. The number of hydrogen-bond donors (Lipinski definition) is 1. The lowest BCUT2D eigenvalue weighted by Crippen LogP contribution is -2.43. The molecule has 1 atom stereocenters. The molecule has 3 rings (SSSR count). The van der Waals surface area contributed by atoms with Gasteiger partial charge in [0.15, 0.2) is 12.4 Å². The minimum absolute atomic E-state index is 0.155. The first-order valence-corrected chi connectivity index (χ1v) is 9.75. The number of pyridine rings is 1. The third-order valence-electron chi connectivity index (χ3n) is 4.86. The van der Waals surface area contributed by atoms with E-state index in [2.05, 4.69) is 10.3 Å². The van der Waals surface area contributed by atoms with E-state index in [1.807, 2.05) is 35.2 Å². The van der Waals surface area contributed by atoms with Gasteiger partial charge < -0.3 is 15.0 Å². The summed E-state index contributed by atoms with van der Waals surface area (Å²) in [4.78, 5) is 43.0. The summed E-state index contributed by atoms with van der Waals surface area (Å²) in [5.41, 5.74) is 1.28. The first-order chi connectivity index (χ1) is 14.0. The molecule has 0 radical (unpaired) electrons. The van der Waals surface area contributed by atoms with E-state index in [4.69, 9.17) is 4.74 Å². The number of nitrogens with one attached hydrogen (secondary N) is 1. The summed E-state index contributed by atoms with van der Waals surface area (Å²) in [7, 11) is 0. The van der Waals surface area contributed by atoms with Crippen molar-refractivity contribution in [2.45, 2.75) is 32.2 Å². The summed E-state index contributed by atoms with van der Waals surface area (Å²) in [6, 6.07) is 12.1. The molecule has 1 aliphatic heterocycles. The highest BCUT2D eigenvalue weighted by atomic mass is 16.5. The Morgan fingerprint density at radius 3 is 2.52 bits per heavy atom. The van der Waals surface area contributed by atoms with E-state index in [0.29, 0.717) is 17.8 Å². The van der Waals surface area contributed by atoms with Gasteiger partial charge in [-0.3, -0.25) is 9.59 Å². The highest BCUT2D eigenvalue weighted by Gasteiger charge is 2.23. The van der Waals surface area contributed by atoms with Gasteiger partial charge in [0.1, 0.15) is 11.4 Å². The van der Waals surface area contributed by atoms with Crippen molar-refractivity contribution in [3.8, 4) is 0 Å². The predicted molar refractivity (Wildman–Crippen MR) is 109 cm³/mol. The van der Waals surface area contributed by atoms with Crippen LogP contribution in [0.4, 0.5) is 5.82 Å². The average molecular weight is 395 g/mol.